The van der Waals surface area contributed by atoms with Crippen LogP contribution in [0.25, 0.3) is 0 Å². The maximum atomic E-state index is 13.3. The van der Waals surface area contributed by atoms with Crippen LogP contribution in [0.1, 0.15) is 60.5 Å². The number of carbonyl (C=O) groups is 1. The zero-order valence-electron chi connectivity index (χ0n) is 20.6. The average molecular weight is 479 g/mol. The van der Waals surface area contributed by atoms with Crippen molar-refractivity contribution in [2.75, 3.05) is 38.2 Å². The van der Waals surface area contributed by atoms with Gasteiger partial charge in [-0.25, -0.2) is 0 Å². The maximum absolute atomic E-state index is 13.3. The highest BCUT2D eigenvalue weighted by atomic mass is 16.5. The van der Waals surface area contributed by atoms with Gasteiger partial charge in [0.2, 0.25) is 5.91 Å². The van der Waals surface area contributed by atoms with Crippen molar-refractivity contribution in [2.24, 2.45) is 0 Å². The average Bonchev–Trinajstić information content (AvgIpc) is 3.53. The van der Waals surface area contributed by atoms with E-state index in [1.165, 1.54) is 0 Å². The molecular formula is C27H34N4O4. The van der Waals surface area contributed by atoms with Crippen LogP contribution in [0.3, 0.4) is 0 Å². The number of hydrogen-bond donors (Lipinski definition) is 1. The number of amides is 1. The Bertz CT molecular complexity index is 1130. The molecule has 3 aliphatic rings. The van der Waals surface area contributed by atoms with E-state index in [0.717, 1.165) is 73.6 Å². The maximum Gasteiger partial charge on any atom is 0.239 e. The Hall–Kier alpha value is -3.02. The van der Waals surface area contributed by atoms with Crippen LogP contribution in [0.5, 0.6) is 11.5 Å². The summed E-state index contributed by atoms with van der Waals surface area (Å²) in [4.78, 5) is 15.5. The van der Waals surface area contributed by atoms with Crippen molar-refractivity contribution in [1.82, 2.24) is 9.47 Å². The van der Waals surface area contributed by atoms with E-state index >= 15 is 0 Å². The molecule has 1 N–H and O–H groups in total. The van der Waals surface area contributed by atoms with E-state index in [4.69, 9.17) is 14.2 Å². The third kappa shape index (κ3) is 4.89. The Morgan fingerprint density at radius 3 is 2.71 bits per heavy atom. The number of carbonyl (C=O) groups excluding carboxylic acids is 1. The number of rotatable bonds is 6. The van der Waals surface area contributed by atoms with Gasteiger partial charge in [-0.1, -0.05) is 6.07 Å². The standard InChI is InChI=1S/C27H34N4O4/c1-18-19(2)31(16-21-6-4-11-33-21)27(22(18)15-28)29-26(32)17-30-10-3-7-23(30)20-8-9-24-25(14-20)35-13-5-12-34-24/h8-9,14,21,23H,3-7,10-13,16-17H2,1-2H3,(H,29,32)/t21-,23-/m0/s1. The third-order valence-electron chi connectivity index (χ3n) is 7.48. The lowest BCUT2D eigenvalue weighted by atomic mass is 10.0. The molecule has 1 amide bonds. The quantitative estimate of drug-likeness (QED) is 0.673. The Morgan fingerprint density at radius 1 is 1.11 bits per heavy atom. The second-order valence-electron chi connectivity index (χ2n) is 9.72. The topological polar surface area (TPSA) is 88.8 Å². The molecule has 1 aromatic heterocycles. The number of nitrogens with one attached hydrogen (secondary N) is 1. The number of ether oxygens (including phenoxy) is 3. The minimum atomic E-state index is -0.103. The van der Waals surface area contributed by atoms with E-state index < -0.39 is 0 Å². The van der Waals surface area contributed by atoms with Crippen LogP contribution in [0.2, 0.25) is 0 Å². The van der Waals surface area contributed by atoms with E-state index in [1.54, 1.807) is 0 Å². The number of aromatic nitrogens is 1. The number of hydrogen-bond acceptors (Lipinski definition) is 6. The predicted molar refractivity (Wildman–Crippen MR) is 132 cm³/mol. The van der Waals surface area contributed by atoms with Gasteiger partial charge in [0.05, 0.1) is 38.0 Å². The fourth-order valence-corrected chi connectivity index (χ4v) is 5.49. The first-order chi connectivity index (χ1) is 17.0. The van der Waals surface area contributed by atoms with Gasteiger partial charge in [-0.15, -0.1) is 0 Å². The van der Waals surface area contributed by atoms with Crippen LogP contribution in [0, 0.1) is 25.2 Å². The van der Waals surface area contributed by atoms with Crippen LogP contribution >= 0.6 is 0 Å². The summed E-state index contributed by atoms with van der Waals surface area (Å²) in [5.74, 6) is 2.06. The van der Waals surface area contributed by atoms with Crippen molar-refractivity contribution in [3.63, 3.8) is 0 Å². The summed E-state index contributed by atoms with van der Waals surface area (Å²) >= 11 is 0. The van der Waals surface area contributed by atoms with Crippen LogP contribution in [0.4, 0.5) is 5.82 Å². The number of likely N-dealkylation sites (tertiary alicyclic amines) is 1. The van der Waals surface area contributed by atoms with Crippen LogP contribution in [-0.4, -0.2) is 54.4 Å². The van der Waals surface area contributed by atoms with Crippen molar-refractivity contribution in [3.8, 4) is 17.6 Å². The summed E-state index contributed by atoms with van der Waals surface area (Å²) in [5.41, 5.74) is 3.59. The van der Waals surface area contributed by atoms with Crippen molar-refractivity contribution in [3.05, 3.63) is 40.6 Å². The fraction of sp³-hybridized carbons (Fsp3) is 0.556. The normalized spacial score (nSPS) is 22.1. The van der Waals surface area contributed by atoms with Gasteiger partial charge in [0.15, 0.2) is 11.5 Å². The highest BCUT2D eigenvalue weighted by Gasteiger charge is 2.30. The highest BCUT2D eigenvalue weighted by Crippen LogP contribution is 2.38. The van der Waals surface area contributed by atoms with Gasteiger partial charge in [0.25, 0.3) is 0 Å². The first kappa shape index (κ1) is 23.7. The Morgan fingerprint density at radius 2 is 1.94 bits per heavy atom. The van der Waals surface area contributed by atoms with E-state index in [2.05, 4.69) is 28.4 Å². The molecule has 186 valence electrons. The molecule has 0 unspecified atom stereocenters. The van der Waals surface area contributed by atoms with Crippen molar-refractivity contribution < 1.29 is 19.0 Å². The second-order valence-corrected chi connectivity index (χ2v) is 9.72. The molecule has 3 aliphatic heterocycles. The van der Waals surface area contributed by atoms with Gasteiger partial charge in [0, 0.05) is 24.8 Å². The zero-order chi connectivity index (χ0) is 24.4. The smallest absolute Gasteiger partial charge is 0.239 e. The molecule has 2 atom stereocenters. The highest BCUT2D eigenvalue weighted by molar-refractivity contribution is 5.93. The van der Waals surface area contributed by atoms with Gasteiger partial charge in [-0.2, -0.15) is 5.26 Å². The SMILES string of the molecule is Cc1c(C#N)c(NC(=O)CN2CCC[C@H]2c2ccc3c(c2)OCCCO3)n(C[C@@H]2CCCO2)c1C. The van der Waals surface area contributed by atoms with Gasteiger partial charge in [0.1, 0.15) is 11.9 Å². The lowest BCUT2D eigenvalue weighted by Crippen LogP contribution is -2.33. The van der Waals surface area contributed by atoms with E-state index in [9.17, 15) is 10.1 Å². The molecule has 5 rings (SSSR count). The van der Waals surface area contributed by atoms with Crippen molar-refractivity contribution in [1.29, 1.82) is 5.26 Å². The molecule has 0 bridgehead atoms. The monoisotopic (exact) mass is 478 g/mol. The van der Waals surface area contributed by atoms with E-state index in [0.29, 0.717) is 31.1 Å². The van der Waals surface area contributed by atoms with E-state index in [-0.39, 0.29) is 24.6 Å². The minimum absolute atomic E-state index is 0.103. The lowest BCUT2D eigenvalue weighted by Gasteiger charge is -2.25. The summed E-state index contributed by atoms with van der Waals surface area (Å²) in [6.45, 7) is 7.80. The number of benzene rings is 1. The van der Waals surface area contributed by atoms with Crippen LogP contribution in [0.15, 0.2) is 18.2 Å². The molecule has 0 radical (unpaired) electrons. The first-order valence-electron chi connectivity index (χ1n) is 12.7. The number of anilines is 1. The predicted octanol–water partition coefficient (Wildman–Crippen LogP) is 4.09. The van der Waals surface area contributed by atoms with Crippen molar-refractivity contribution in [2.45, 2.75) is 64.6 Å². The lowest BCUT2D eigenvalue weighted by molar-refractivity contribution is -0.117. The molecule has 0 spiro atoms. The fourth-order valence-electron chi connectivity index (χ4n) is 5.49. The Labute approximate surface area is 206 Å². The first-order valence-corrected chi connectivity index (χ1v) is 12.7. The molecular weight excluding hydrogens is 444 g/mol. The summed E-state index contributed by atoms with van der Waals surface area (Å²) < 4.78 is 19.5. The molecule has 35 heavy (non-hydrogen) atoms. The number of nitriles is 1. The summed E-state index contributed by atoms with van der Waals surface area (Å²) in [6, 6.07) is 8.58. The molecule has 0 saturated carbocycles. The molecule has 0 aliphatic carbocycles. The Balaban J connectivity index is 1.32. The molecule has 4 heterocycles. The number of nitrogens with zero attached hydrogens (tertiary/aromatic N) is 3. The molecule has 8 heteroatoms. The van der Waals surface area contributed by atoms with Gasteiger partial charge in [-0.05, 0) is 69.3 Å². The second kappa shape index (κ2) is 10.3. The largest absolute Gasteiger partial charge is 0.490 e. The third-order valence-corrected chi connectivity index (χ3v) is 7.48. The van der Waals surface area contributed by atoms with E-state index in [1.807, 2.05) is 24.5 Å². The molecule has 2 saturated heterocycles. The summed E-state index contributed by atoms with van der Waals surface area (Å²) in [5, 5.41) is 12.9. The van der Waals surface area contributed by atoms with Crippen LogP contribution in [-0.2, 0) is 16.1 Å². The Kier molecular flexibility index (Phi) is 6.98. The summed E-state index contributed by atoms with van der Waals surface area (Å²) in [6.07, 6.45) is 5.06. The number of fused-ring (bicyclic) bond motifs is 1. The zero-order valence-corrected chi connectivity index (χ0v) is 20.6. The van der Waals surface area contributed by atoms with Gasteiger partial charge >= 0.3 is 0 Å². The van der Waals surface area contributed by atoms with Crippen molar-refractivity contribution >= 4 is 11.7 Å². The molecule has 2 aromatic rings. The molecule has 8 nitrogen and oxygen atoms in total. The molecule has 1 aromatic carbocycles. The van der Waals surface area contributed by atoms with Gasteiger partial charge < -0.3 is 24.1 Å². The summed E-state index contributed by atoms with van der Waals surface area (Å²) in [7, 11) is 0. The van der Waals surface area contributed by atoms with Crippen LogP contribution < -0.4 is 14.8 Å². The minimum Gasteiger partial charge on any atom is -0.490 e. The molecule has 2 fully saturated rings. The van der Waals surface area contributed by atoms with Gasteiger partial charge in [-0.3, -0.25) is 9.69 Å².